The highest BCUT2D eigenvalue weighted by atomic mass is 32.2. The molecule has 4 nitrogen and oxygen atoms in total. The average molecular weight is 266 g/mol. The van der Waals surface area contributed by atoms with E-state index in [0.29, 0.717) is 17.3 Å². The Labute approximate surface area is 109 Å². The van der Waals surface area contributed by atoms with E-state index in [4.69, 9.17) is 5.73 Å². The summed E-state index contributed by atoms with van der Waals surface area (Å²) in [5.41, 5.74) is 7.83. The van der Waals surface area contributed by atoms with Crippen molar-refractivity contribution in [2.45, 2.75) is 25.8 Å². The maximum absolute atomic E-state index is 11.3. The van der Waals surface area contributed by atoms with Crippen LogP contribution in [0.3, 0.4) is 0 Å². The fourth-order valence-electron chi connectivity index (χ4n) is 2.15. The number of anilines is 2. The fraction of sp³-hybridized carbons (Fsp3) is 0.462. The first-order valence-corrected chi connectivity index (χ1v) is 7.57. The molecular weight excluding hydrogens is 248 g/mol. The lowest BCUT2D eigenvalue weighted by Gasteiger charge is -2.23. The van der Waals surface area contributed by atoms with Gasteiger partial charge in [-0.1, -0.05) is 0 Å². The molecule has 1 fully saturated rings. The summed E-state index contributed by atoms with van der Waals surface area (Å²) in [6.07, 6.45) is 1.84. The largest absolute Gasteiger partial charge is 0.398 e. The van der Waals surface area contributed by atoms with E-state index < -0.39 is 10.8 Å². The second-order valence-electron chi connectivity index (χ2n) is 4.62. The number of hydrogen-bond donors (Lipinski definition) is 2. The van der Waals surface area contributed by atoms with Crippen molar-refractivity contribution in [1.29, 1.82) is 0 Å². The van der Waals surface area contributed by atoms with E-state index in [1.54, 1.807) is 12.1 Å². The molecule has 0 spiro atoms. The second kappa shape index (κ2) is 5.52. The minimum Gasteiger partial charge on any atom is -0.398 e. The summed E-state index contributed by atoms with van der Waals surface area (Å²) >= 11 is 0. The highest BCUT2D eigenvalue weighted by Crippen LogP contribution is 2.21. The normalized spacial score (nSPS) is 23.6. The van der Waals surface area contributed by atoms with E-state index in [1.807, 2.05) is 6.07 Å². The third kappa shape index (κ3) is 3.10. The maximum atomic E-state index is 11.3. The Balaban J connectivity index is 2.04. The first-order valence-electron chi connectivity index (χ1n) is 6.08. The van der Waals surface area contributed by atoms with Crippen LogP contribution in [-0.2, 0) is 10.8 Å². The van der Waals surface area contributed by atoms with Crippen LogP contribution in [0.4, 0.5) is 11.4 Å². The molecule has 0 aliphatic carbocycles. The van der Waals surface area contributed by atoms with Gasteiger partial charge in [0.25, 0.3) is 0 Å². The molecule has 3 N–H and O–H groups in total. The maximum Gasteiger partial charge on any atom is 0.161 e. The second-order valence-corrected chi connectivity index (χ2v) is 6.32. The fourth-order valence-corrected chi connectivity index (χ4v) is 3.45. The zero-order valence-electron chi connectivity index (χ0n) is 10.4. The summed E-state index contributed by atoms with van der Waals surface area (Å²) in [7, 11) is -0.642. The number of ketones is 1. The quantitative estimate of drug-likeness (QED) is 0.646. The van der Waals surface area contributed by atoms with Crippen molar-refractivity contribution in [2.75, 3.05) is 22.6 Å². The molecule has 0 unspecified atom stereocenters. The van der Waals surface area contributed by atoms with Crippen LogP contribution >= 0.6 is 0 Å². The Morgan fingerprint density at radius 2 is 2.06 bits per heavy atom. The number of nitrogens with one attached hydrogen (secondary N) is 1. The van der Waals surface area contributed by atoms with Gasteiger partial charge < -0.3 is 11.1 Å². The molecular formula is C13H18N2O2S. The smallest absolute Gasteiger partial charge is 0.161 e. The van der Waals surface area contributed by atoms with Gasteiger partial charge in [0, 0.05) is 45.3 Å². The van der Waals surface area contributed by atoms with Gasteiger partial charge >= 0.3 is 0 Å². The number of rotatable bonds is 3. The monoisotopic (exact) mass is 266 g/mol. The van der Waals surface area contributed by atoms with E-state index in [1.165, 1.54) is 6.92 Å². The van der Waals surface area contributed by atoms with Crippen molar-refractivity contribution < 1.29 is 9.00 Å². The number of hydrogen-bond acceptors (Lipinski definition) is 4. The summed E-state index contributed by atoms with van der Waals surface area (Å²) in [5.74, 6) is 1.50. The lowest BCUT2D eigenvalue weighted by molar-refractivity contribution is 0.101. The molecule has 0 saturated carbocycles. The van der Waals surface area contributed by atoms with Crippen LogP contribution < -0.4 is 11.1 Å². The average Bonchev–Trinajstić information content (AvgIpc) is 2.32. The van der Waals surface area contributed by atoms with Crippen molar-refractivity contribution in [2.24, 2.45) is 0 Å². The SMILES string of the molecule is CC(=O)c1ccc(NC2CCS(=O)CC2)cc1N. The number of benzene rings is 1. The van der Waals surface area contributed by atoms with Crippen molar-refractivity contribution in [3.8, 4) is 0 Å². The molecule has 1 aromatic carbocycles. The summed E-state index contributed by atoms with van der Waals surface area (Å²) in [6, 6.07) is 5.77. The molecule has 0 bridgehead atoms. The van der Waals surface area contributed by atoms with Crippen LogP contribution in [0, 0.1) is 0 Å². The molecule has 1 aliphatic heterocycles. The predicted octanol–water partition coefficient (Wildman–Crippen LogP) is 1.79. The first kappa shape index (κ1) is 13.1. The van der Waals surface area contributed by atoms with Gasteiger partial charge in [-0.25, -0.2) is 0 Å². The van der Waals surface area contributed by atoms with Gasteiger partial charge in [-0.3, -0.25) is 9.00 Å². The molecule has 98 valence electrons. The van der Waals surface area contributed by atoms with Crippen LogP contribution in [0.1, 0.15) is 30.1 Å². The lowest BCUT2D eigenvalue weighted by Crippen LogP contribution is -2.29. The molecule has 0 amide bonds. The van der Waals surface area contributed by atoms with Crippen molar-refractivity contribution in [3.63, 3.8) is 0 Å². The van der Waals surface area contributed by atoms with Gasteiger partial charge in [0.15, 0.2) is 5.78 Å². The zero-order chi connectivity index (χ0) is 13.1. The molecule has 1 heterocycles. The van der Waals surface area contributed by atoms with Gasteiger partial charge in [0.1, 0.15) is 0 Å². The number of nitrogen functional groups attached to an aromatic ring is 1. The van der Waals surface area contributed by atoms with E-state index in [2.05, 4.69) is 5.32 Å². The predicted molar refractivity (Wildman–Crippen MR) is 75.4 cm³/mol. The Morgan fingerprint density at radius 3 is 2.61 bits per heavy atom. The molecule has 1 aromatic rings. The van der Waals surface area contributed by atoms with Crippen molar-refractivity contribution >= 4 is 28.0 Å². The van der Waals surface area contributed by atoms with E-state index >= 15 is 0 Å². The van der Waals surface area contributed by atoms with Gasteiger partial charge in [0.05, 0.1) is 0 Å². The minimum atomic E-state index is -0.642. The molecule has 2 rings (SSSR count). The number of carbonyl (C=O) groups excluding carboxylic acids is 1. The van der Waals surface area contributed by atoms with Crippen LogP contribution in [0.5, 0.6) is 0 Å². The van der Waals surface area contributed by atoms with E-state index in [9.17, 15) is 9.00 Å². The van der Waals surface area contributed by atoms with Crippen LogP contribution in [-0.4, -0.2) is 27.5 Å². The lowest BCUT2D eigenvalue weighted by atomic mass is 10.1. The van der Waals surface area contributed by atoms with Crippen LogP contribution in [0.25, 0.3) is 0 Å². The summed E-state index contributed by atoms with van der Waals surface area (Å²) in [6.45, 7) is 1.51. The number of Topliss-reactive ketones (excluding diaryl/α,β-unsaturated/α-hetero) is 1. The molecule has 1 saturated heterocycles. The van der Waals surface area contributed by atoms with Gasteiger partial charge in [-0.2, -0.15) is 0 Å². The molecule has 0 radical (unpaired) electrons. The third-order valence-corrected chi connectivity index (χ3v) is 4.57. The van der Waals surface area contributed by atoms with Crippen molar-refractivity contribution in [3.05, 3.63) is 23.8 Å². The molecule has 5 heteroatoms. The molecule has 1 aliphatic rings. The molecule has 0 aromatic heterocycles. The van der Waals surface area contributed by atoms with E-state index in [0.717, 1.165) is 30.0 Å². The van der Waals surface area contributed by atoms with Crippen LogP contribution in [0.2, 0.25) is 0 Å². The van der Waals surface area contributed by atoms with Gasteiger partial charge in [0.2, 0.25) is 0 Å². The molecule has 0 atom stereocenters. The Bertz CT molecular complexity index is 478. The highest BCUT2D eigenvalue weighted by molar-refractivity contribution is 7.85. The highest BCUT2D eigenvalue weighted by Gasteiger charge is 2.17. The molecule has 18 heavy (non-hydrogen) atoms. The van der Waals surface area contributed by atoms with Crippen molar-refractivity contribution in [1.82, 2.24) is 0 Å². The topological polar surface area (TPSA) is 72.2 Å². The number of nitrogens with two attached hydrogens (primary N) is 1. The number of carbonyl (C=O) groups is 1. The summed E-state index contributed by atoms with van der Waals surface area (Å²) in [4.78, 5) is 11.3. The van der Waals surface area contributed by atoms with Gasteiger partial charge in [-0.15, -0.1) is 0 Å². The zero-order valence-corrected chi connectivity index (χ0v) is 11.3. The summed E-state index contributed by atoms with van der Waals surface area (Å²) < 4.78 is 11.3. The van der Waals surface area contributed by atoms with E-state index in [-0.39, 0.29) is 5.78 Å². The third-order valence-electron chi connectivity index (χ3n) is 3.19. The Kier molecular flexibility index (Phi) is 4.01. The van der Waals surface area contributed by atoms with Gasteiger partial charge in [-0.05, 0) is 38.0 Å². The minimum absolute atomic E-state index is 0.0212. The Morgan fingerprint density at radius 1 is 1.39 bits per heavy atom. The summed E-state index contributed by atoms with van der Waals surface area (Å²) in [5, 5.41) is 3.38. The standard InChI is InChI=1S/C13H18N2O2S/c1-9(16)12-3-2-11(8-13(12)14)15-10-4-6-18(17)7-5-10/h2-3,8,10,15H,4-7,14H2,1H3. The van der Waals surface area contributed by atoms with Crippen LogP contribution in [0.15, 0.2) is 18.2 Å². The Hall–Kier alpha value is -1.36. The first-order chi connectivity index (χ1) is 8.56.